The summed E-state index contributed by atoms with van der Waals surface area (Å²) in [4.78, 5) is 4.37. The third-order valence-electron chi connectivity index (χ3n) is 3.65. The van der Waals surface area contributed by atoms with Gasteiger partial charge in [0.2, 0.25) is 0 Å². The highest BCUT2D eigenvalue weighted by Gasteiger charge is 2.15. The lowest BCUT2D eigenvalue weighted by atomic mass is 10.2. The number of alkyl halides is 1. The normalized spacial score (nSPS) is 11.5. The Bertz CT molecular complexity index is 822. The largest absolute Gasteiger partial charge is 0.322 e. The molecule has 1 aromatic carbocycles. The zero-order chi connectivity index (χ0) is 15.1. The van der Waals surface area contributed by atoms with Gasteiger partial charge in [0.05, 0.1) is 34.7 Å². The van der Waals surface area contributed by atoms with E-state index in [0.717, 1.165) is 16.8 Å². The molecule has 0 atom stereocenters. The Labute approximate surface area is 131 Å². The quantitative estimate of drug-likeness (QED) is 0.688. The van der Waals surface area contributed by atoms with Crippen molar-refractivity contribution in [2.45, 2.75) is 19.3 Å². The second kappa shape index (κ2) is 5.31. The van der Waals surface area contributed by atoms with Crippen LogP contribution in [0.25, 0.3) is 11.0 Å². The van der Waals surface area contributed by atoms with E-state index >= 15 is 0 Å². The molecule has 0 aliphatic rings. The molecule has 0 bridgehead atoms. The van der Waals surface area contributed by atoms with Crippen LogP contribution in [0.2, 0.25) is 5.02 Å². The maximum Gasteiger partial charge on any atom is 0.144 e. The Kier molecular flexibility index (Phi) is 3.63. The van der Waals surface area contributed by atoms with E-state index in [1.807, 2.05) is 29.4 Å². The van der Waals surface area contributed by atoms with E-state index in [1.54, 1.807) is 6.07 Å². The minimum absolute atomic E-state index is 0.0766. The zero-order valence-corrected chi connectivity index (χ0v) is 13.1. The number of hydrogen-bond donors (Lipinski definition) is 0. The Balaban J connectivity index is 2.16. The van der Waals surface area contributed by atoms with Crippen LogP contribution in [0.5, 0.6) is 0 Å². The molecule has 0 N–H and O–H groups in total. The number of rotatable bonds is 3. The number of aryl methyl sites for hydroxylation is 1. The number of nitrogens with zero attached hydrogens (tertiary/aromatic N) is 4. The number of fused-ring (bicyclic) bond motifs is 1. The molecule has 110 valence electrons. The smallest absolute Gasteiger partial charge is 0.144 e. The zero-order valence-electron chi connectivity index (χ0n) is 11.6. The number of halogens is 3. The highest BCUT2D eigenvalue weighted by atomic mass is 35.5. The van der Waals surface area contributed by atoms with Crippen LogP contribution >= 0.6 is 23.2 Å². The van der Waals surface area contributed by atoms with Gasteiger partial charge in [0.25, 0.3) is 0 Å². The molecule has 0 aliphatic heterocycles. The Hall–Kier alpha value is -1.59. The first-order chi connectivity index (χ1) is 10.0. The topological polar surface area (TPSA) is 35.6 Å². The maximum absolute atomic E-state index is 13.6. The van der Waals surface area contributed by atoms with Gasteiger partial charge in [-0.15, -0.1) is 11.6 Å². The van der Waals surface area contributed by atoms with Gasteiger partial charge in [-0.05, 0) is 13.0 Å². The summed E-state index contributed by atoms with van der Waals surface area (Å²) in [6.45, 7) is 2.56. The number of imidazole rings is 1. The number of aromatic nitrogens is 4. The fourth-order valence-corrected chi connectivity index (χ4v) is 2.68. The van der Waals surface area contributed by atoms with Crippen LogP contribution in [-0.4, -0.2) is 19.3 Å². The first-order valence-corrected chi connectivity index (χ1v) is 7.30. The number of benzene rings is 1. The summed E-state index contributed by atoms with van der Waals surface area (Å²) >= 11 is 11.8. The summed E-state index contributed by atoms with van der Waals surface area (Å²) < 4.78 is 17.3. The van der Waals surface area contributed by atoms with Crippen molar-refractivity contribution in [3.63, 3.8) is 0 Å². The van der Waals surface area contributed by atoms with Gasteiger partial charge in [-0.2, -0.15) is 5.10 Å². The van der Waals surface area contributed by atoms with Crippen LogP contribution in [0.4, 0.5) is 4.39 Å². The van der Waals surface area contributed by atoms with Crippen molar-refractivity contribution in [3.05, 3.63) is 46.3 Å². The van der Waals surface area contributed by atoms with E-state index in [4.69, 9.17) is 23.2 Å². The molecule has 2 aromatic heterocycles. The first kappa shape index (κ1) is 14.4. The lowest BCUT2D eigenvalue weighted by Gasteiger charge is -2.08. The monoisotopic (exact) mass is 326 g/mol. The van der Waals surface area contributed by atoms with Crippen molar-refractivity contribution in [3.8, 4) is 0 Å². The van der Waals surface area contributed by atoms with E-state index < -0.39 is 5.82 Å². The predicted octanol–water partition coefficient (Wildman–Crippen LogP) is 3.66. The van der Waals surface area contributed by atoms with Crippen molar-refractivity contribution in [2.24, 2.45) is 7.05 Å². The molecular weight excluding hydrogens is 314 g/mol. The van der Waals surface area contributed by atoms with Gasteiger partial charge >= 0.3 is 0 Å². The van der Waals surface area contributed by atoms with Gasteiger partial charge in [0.1, 0.15) is 11.6 Å². The van der Waals surface area contributed by atoms with E-state index in [1.165, 1.54) is 6.07 Å². The fourth-order valence-electron chi connectivity index (χ4n) is 2.32. The number of hydrogen-bond acceptors (Lipinski definition) is 2. The van der Waals surface area contributed by atoms with Crippen molar-refractivity contribution < 1.29 is 4.39 Å². The molecule has 0 fully saturated rings. The lowest BCUT2D eigenvalue weighted by Crippen LogP contribution is -2.05. The summed E-state index contributed by atoms with van der Waals surface area (Å²) in [7, 11) is 1.89. The third-order valence-corrected chi connectivity index (χ3v) is 4.18. The fraction of sp³-hybridized carbons (Fsp3) is 0.286. The van der Waals surface area contributed by atoms with Gasteiger partial charge < -0.3 is 4.57 Å². The van der Waals surface area contributed by atoms with Gasteiger partial charge in [-0.25, -0.2) is 9.37 Å². The molecule has 0 amide bonds. The van der Waals surface area contributed by atoms with E-state index in [9.17, 15) is 4.39 Å². The second-order valence-corrected chi connectivity index (χ2v) is 5.56. The molecule has 0 unspecified atom stereocenters. The molecule has 0 saturated carbocycles. The van der Waals surface area contributed by atoms with Crippen LogP contribution in [0, 0.1) is 12.7 Å². The molecule has 4 nitrogen and oxygen atoms in total. The molecule has 21 heavy (non-hydrogen) atoms. The van der Waals surface area contributed by atoms with E-state index in [0.29, 0.717) is 17.9 Å². The standard InChI is InChI=1S/C14H13Cl2FN4/c1-8-9(6-18-20(8)2)7-21-13-3-10(16)11(17)4-12(13)19-14(21)5-15/h3-4,6H,5,7H2,1-2H3. The van der Waals surface area contributed by atoms with Gasteiger partial charge in [0, 0.05) is 24.4 Å². The van der Waals surface area contributed by atoms with E-state index in [-0.39, 0.29) is 10.9 Å². The molecule has 2 heterocycles. The van der Waals surface area contributed by atoms with Crippen molar-refractivity contribution in [2.75, 3.05) is 0 Å². The summed E-state index contributed by atoms with van der Waals surface area (Å²) in [6, 6.07) is 2.92. The lowest BCUT2D eigenvalue weighted by molar-refractivity contribution is 0.629. The Morgan fingerprint density at radius 2 is 2.10 bits per heavy atom. The molecule has 7 heteroatoms. The van der Waals surface area contributed by atoms with Crippen LogP contribution in [0.1, 0.15) is 17.1 Å². The van der Waals surface area contributed by atoms with Crippen molar-refractivity contribution >= 4 is 34.2 Å². The highest BCUT2D eigenvalue weighted by Crippen LogP contribution is 2.25. The molecule has 0 aliphatic carbocycles. The van der Waals surface area contributed by atoms with E-state index in [2.05, 4.69) is 10.1 Å². The highest BCUT2D eigenvalue weighted by molar-refractivity contribution is 6.31. The minimum atomic E-state index is -0.479. The van der Waals surface area contributed by atoms with Crippen LogP contribution in [0.3, 0.4) is 0 Å². The molecule has 0 spiro atoms. The van der Waals surface area contributed by atoms with Gasteiger partial charge in [-0.1, -0.05) is 11.6 Å². The van der Waals surface area contributed by atoms with Crippen LogP contribution in [-0.2, 0) is 19.5 Å². The third kappa shape index (κ3) is 2.40. The van der Waals surface area contributed by atoms with Crippen LogP contribution in [0.15, 0.2) is 18.3 Å². The summed E-state index contributed by atoms with van der Waals surface area (Å²) in [5.41, 5.74) is 3.43. The molecular formula is C14H13Cl2FN4. The molecule has 0 saturated heterocycles. The maximum atomic E-state index is 13.6. The second-order valence-electron chi connectivity index (χ2n) is 4.88. The SMILES string of the molecule is Cc1c(Cn2c(CCl)nc3cc(F)c(Cl)cc32)cnn1C. The first-order valence-electron chi connectivity index (χ1n) is 6.39. The average Bonchev–Trinajstić information content (AvgIpc) is 2.95. The van der Waals surface area contributed by atoms with Crippen molar-refractivity contribution in [1.82, 2.24) is 19.3 Å². The van der Waals surface area contributed by atoms with Crippen LogP contribution < -0.4 is 0 Å². The Morgan fingerprint density at radius 1 is 1.33 bits per heavy atom. The Morgan fingerprint density at radius 3 is 2.71 bits per heavy atom. The molecule has 3 rings (SSSR count). The van der Waals surface area contributed by atoms with Gasteiger partial charge in [0.15, 0.2) is 0 Å². The average molecular weight is 327 g/mol. The van der Waals surface area contributed by atoms with Crippen molar-refractivity contribution in [1.29, 1.82) is 0 Å². The predicted molar refractivity (Wildman–Crippen MR) is 81.3 cm³/mol. The summed E-state index contributed by atoms with van der Waals surface area (Å²) in [5.74, 6) is 0.442. The molecule has 0 radical (unpaired) electrons. The summed E-state index contributed by atoms with van der Waals surface area (Å²) in [5, 5.41) is 4.30. The van der Waals surface area contributed by atoms with Gasteiger partial charge in [-0.3, -0.25) is 4.68 Å². The minimum Gasteiger partial charge on any atom is -0.322 e. The molecule has 3 aromatic rings. The summed E-state index contributed by atoms with van der Waals surface area (Å²) in [6.07, 6.45) is 1.81.